The molecule has 2 heterocycles. The molecule has 0 bridgehead atoms. The summed E-state index contributed by atoms with van der Waals surface area (Å²) in [4.78, 5) is 24.4. The number of aromatic nitrogens is 1. The molecule has 22 heavy (non-hydrogen) atoms. The Bertz CT molecular complexity index is 832. The van der Waals surface area contributed by atoms with Crippen LogP contribution in [0.25, 0.3) is 11.1 Å². The number of hydrogen-bond donors (Lipinski definition) is 1. The summed E-state index contributed by atoms with van der Waals surface area (Å²) < 4.78 is 20.6. The zero-order valence-corrected chi connectivity index (χ0v) is 12.5. The van der Waals surface area contributed by atoms with Crippen LogP contribution in [0.5, 0.6) is 0 Å². The Morgan fingerprint density at radius 1 is 1.41 bits per heavy atom. The quantitative estimate of drug-likeness (QED) is 0.928. The summed E-state index contributed by atoms with van der Waals surface area (Å²) in [5.74, 6) is -1.49. The van der Waals surface area contributed by atoms with Crippen molar-refractivity contribution in [2.24, 2.45) is 0 Å². The van der Waals surface area contributed by atoms with Crippen molar-refractivity contribution in [3.8, 4) is 0 Å². The van der Waals surface area contributed by atoms with Crippen LogP contribution in [-0.4, -0.2) is 10.5 Å². The number of carbonyl (C=O) groups is 1. The lowest BCUT2D eigenvalue weighted by Crippen LogP contribution is -2.39. The van der Waals surface area contributed by atoms with Gasteiger partial charge in [0.2, 0.25) is 5.91 Å². The van der Waals surface area contributed by atoms with Crippen molar-refractivity contribution < 1.29 is 13.6 Å². The second kappa shape index (κ2) is 5.12. The minimum atomic E-state index is -0.662. The van der Waals surface area contributed by atoms with Crippen molar-refractivity contribution in [3.63, 3.8) is 0 Å². The summed E-state index contributed by atoms with van der Waals surface area (Å²) in [6.07, 6.45) is 1.06. The molecule has 1 aromatic heterocycles. The highest BCUT2D eigenvalue weighted by atomic mass is 19.1. The average Bonchev–Trinajstić information content (AvgIpc) is 2.74. The predicted molar refractivity (Wildman–Crippen MR) is 80.1 cm³/mol. The molecule has 116 valence electrons. The lowest BCUT2D eigenvalue weighted by molar-refractivity contribution is -0.124. The molecule has 1 N–H and O–H groups in total. The smallest absolute Gasteiger partial charge is 0.407 e. The predicted octanol–water partition coefficient (Wildman–Crippen LogP) is 2.82. The van der Waals surface area contributed by atoms with Gasteiger partial charge in [-0.1, -0.05) is 20.4 Å². The van der Waals surface area contributed by atoms with Gasteiger partial charge in [-0.3, -0.25) is 9.36 Å². The van der Waals surface area contributed by atoms with Gasteiger partial charge in [0.05, 0.1) is 5.52 Å². The monoisotopic (exact) mass is 304 g/mol. The third kappa shape index (κ3) is 2.15. The van der Waals surface area contributed by atoms with Gasteiger partial charge >= 0.3 is 5.76 Å². The van der Waals surface area contributed by atoms with E-state index in [1.807, 2.05) is 13.8 Å². The number of rotatable bonds is 2. The van der Waals surface area contributed by atoms with E-state index in [2.05, 4.69) is 11.9 Å². The molecule has 0 saturated carbocycles. The van der Waals surface area contributed by atoms with Crippen LogP contribution in [0.1, 0.15) is 44.2 Å². The lowest BCUT2D eigenvalue weighted by atomic mass is 10.0. The third-order valence-corrected chi connectivity index (χ3v) is 3.98. The molecule has 5 nitrogen and oxygen atoms in total. The number of nitrogens with zero attached hydrogens (tertiary/aromatic N) is 1. The summed E-state index contributed by atoms with van der Waals surface area (Å²) in [6, 6.07) is 2.13. The molecule has 6 heteroatoms. The highest BCUT2D eigenvalue weighted by molar-refractivity contribution is 5.86. The molecule has 1 saturated heterocycles. The molecular formula is C16H17FN2O3. The van der Waals surface area contributed by atoms with Gasteiger partial charge in [0.1, 0.15) is 11.9 Å². The Hall–Kier alpha value is -2.37. The second-order valence-corrected chi connectivity index (χ2v) is 5.85. The SMILES string of the molecule is C=C1CCC(n2c(=O)oc3c(C(C)C)c(F)ccc32)C(=O)N1. The number of halogens is 1. The first-order valence-electron chi connectivity index (χ1n) is 7.22. The molecule has 1 aromatic carbocycles. The van der Waals surface area contributed by atoms with E-state index in [1.54, 1.807) is 0 Å². The zero-order valence-electron chi connectivity index (χ0n) is 12.5. The first kappa shape index (κ1) is 14.6. The lowest BCUT2D eigenvalue weighted by Gasteiger charge is -2.24. The molecule has 1 atom stereocenters. The van der Waals surface area contributed by atoms with E-state index in [9.17, 15) is 14.0 Å². The Labute approximate surface area is 126 Å². The number of hydrogen-bond acceptors (Lipinski definition) is 3. The Morgan fingerprint density at radius 3 is 2.77 bits per heavy atom. The molecule has 0 spiro atoms. The highest BCUT2D eigenvalue weighted by Gasteiger charge is 2.30. The second-order valence-electron chi connectivity index (χ2n) is 5.85. The van der Waals surface area contributed by atoms with Gasteiger partial charge in [-0.2, -0.15) is 0 Å². The fraction of sp³-hybridized carbons (Fsp3) is 0.375. The van der Waals surface area contributed by atoms with Crippen LogP contribution < -0.4 is 11.1 Å². The van der Waals surface area contributed by atoms with E-state index in [1.165, 1.54) is 16.7 Å². The fourth-order valence-electron chi connectivity index (χ4n) is 2.94. The molecule has 0 radical (unpaired) electrons. The van der Waals surface area contributed by atoms with E-state index in [4.69, 9.17) is 4.42 Å². The van der Waals surface area contributed by atoms with Crippen molar-refractivity contribution in [1.29, 1.82) is 0 Å². The largest absolute Gasteiger partial charge is 0.420 e. The molecule has 1 fully saturated rings. The van der Waals surface area contributed by atoms with Gasteiger partial charge in [0.15, 0.2) is 5.58 Å². The maximum Gasteiger partial charge on any atom is 0.420 e. The number of fused-ring (bicyclic) bond motifs is 1. The van der Waals surface area contributed by atoms with Crippen LogP contribution in [0.3, 0.4) is 0 Å². The van der Waals surface area contributed by atoms with Crippen LogP contribution in [0.15, 0.2) is 33.6 Å². The molecule has 1 aliphatic heterocycles. The minimum Gasteiger partial charge on any atom is -0.407 e. The number of benzene rings is 1. The van der Waals surface area contributed by atoms with Gasteiger partial charge in [0.25, 0.3) is 0 Å². The number of amides is 1. The Kier molecular flexibility index (Phi) is 3.39. The number of nitrogens with one attached hydrogen (secondary N) is 1. The molecule has 1 amide bonds. The van der Waals surface area contributed by atoms with Crippen molar-refractivity contribution in [2.75, 3.05) is 0 Å². The van der Waals surface area contributed by atoms with Crippen molar-refractivity contribution >= 4 is 17.0 Å². The van der Waals surface area contributed by atoms with E-state index in [0.717, 1.165) is 0 Å². The van der Waals surface area contributed by atoms with Gasteiger partial charge in [-0.05, 0) is 30.9 Å². The maximum absolute atomic E-state index is 14.0. The molecule has 0 aliphatic carbocycles. The van der Waals surface area contributed by atoms with E-state index in [-0.39, 0.29) is 17.4 Å². The van der Waals surface area contributed by atoms with Crippen LogP contribution in [0.4, 0.5) is 4.39 Å². The first-order chi connectivity index (χ1) is 10.4. The van der Waals surface area contributed by atoms with Gasteiger partial charge < -0.3 is 9.73 Å². The van der Waals surface area contributed by atoms with Crippen LogP contribution in [0, 0.1) is 5.82 Å². The number of allylic oxidation sites excluding steroid dienone is 1. The number of oxazole rings is 1. The van der Waals surface area contributed by atoms with E-state index < -0.39 is 17.6 Å². The van der Waals surface area contributed by atoms with Crippen LogP contribution in [-0.2, 0) is 4.79 Å². The van der Waals surface area contributed by atoms with Crippen LogP contribution in [0.2, 0.25) is 0 Å². The van der Waals surface area contributed by atoms with Gasteiger partial charge in [0, 0.05) is 11.3 Å². The molecule has 1 aliphatic rings. The van der Waals surface area contributed by atoms with Gasteiger partial charge in [-0.25, -0.2) is 9.18 Å². The van der Waals surface area contributed by atoms with Crippen molar-refractivity contribution in [1.82, 2.24) is 9.88 Å². The molecule has 3 rings (SSSR count). The molecule has 1 unspecified atom stereocenters. The van der Waals surface area contributed by atoms with Crippen LogP contribution >= 0.6 is 0 Å². The van der Waals surface area contributed by atoms with Gasteiger partial charge in [-0.15, -0.1) is 0 Å². The summed E-state index contributed by atoms with van der Waals surface area (Å²) in [7, 11) is 0. The van der Waals surface area contributed by atoms with E-state index >= 15 is 0 Å². The fourth-order valence-corrected chi connectivity index (χ4v) is 2.94. The molecule has 2 aromatic rings. The zero-order chi connectivity index (χ0) is 16.0. The minimum absolute atomic E-state index is 0.136. The normalized spacial score (nSPS) is 19.0. The third-order valence-electron chi connectivity index (χ3n) is 3.98. The maximum atomic E-state index is 14.0. The first-order valence-corrected chi connectivity index (χ1v) is 7.22. The number of piperidine rings is 1. The Balaban J connectivity index is 2.21. The summed E-state index contributed by atoms with van der Waals surface area (Å²) in [5.41, 5.74) is 1.66. The number of carbonyl (C=O) groups excluding carboxylic acids is 1. The molecular weight excluding hydrogens is 287 g/mol. The van der Waals surface area contributed by atoms with Crippen molar-refractivity contribution in [3.05, 3.63) is 46.3 Å². The summed E-state index contributed by atoms with van der Waals surface area (Å²) in [6.45, 7) is 7.37. The van der Waals surface area contributed by atoms with Crippen molar-refractivity contribution in [2.45, 2.75) is 38.6 Å². The topological polar surface area (TPSA) is 64.2 Å². The average molecular weight is 304 g/mol. The standard InChI is InChI=1S/C16H17FN2O3/c1-8(2)13-10(17)5-7-11-14(13)22-16(21)19(11)12-6-4-9(3)18-15(12)20/h5,7-8,12H,3-4,6H2,1-2H3,(H,18,20). The Morgan fingerprint density at radius 2 is 2.14 bits per heavy atom. The highest BCUT2D eigenvalue weighted by Crippen LogP contribution is 2.31. The summed E-state index contributed by atoms with van der Waals surface area (Å²) >= 11 is 0. The van der Waals surface area contributed by atoms with E-state index in [0.29, 0.717) is 29.6 Å². The summed E-state index contributed by atoms with van der Waals surface area (Å²) in [5, 5.41) is 2.65.